The zero-order valence-corrected chi connectivity index (χ0v) is 8.02. The van der Waals surface area contributed by atoms with Crippen LogP contribution in [0, 0.1) is 0 Å². The standard InChI is InChI=1S/C6H15NO.BrH/c1-4-6(2,3)8-5-7;/h4-5,7H2,1-3H3;1H. The summed E-state index contributed by atoms with van der Waals surface area (Å²) in [5, 5.41) is 0. The van der Waals surface area contributed by atoms with Gasteiger partial charge < -0.3 is 10.5 Å². The van der Waals surface area contributed by atoms with Crippen LogP contribution >= 0.6 is 17.0 Å². The lowest BCUT2D eigenvalue weighted by molar-refractivity contribution is -0.0164. The minimum atomic E-state index is -0.0330. The molecule has 0 aromatic rings. The summed E-state index contributed by atoms with van der Waals surface area (Å²) in [6.07, 6.45) is 1.00. The highest BCUT2D eigenvalue weighted by molar-refractivity contribution is 8.93. The molecule has 2 nitrogen and oxygen atoms in total. The molecule has 0 saturated heterocycles. The molecule has 0 radical (unpaired) electrons. The van der Waals surface area contributed by atoms with Crippen LogP contribution in [0.1, 0.15) is 27.2 Å². The van der Waals surface area contributed by atoms with Crippen LogP contribution in [0.2, 0.25) is 0 Å². The van der Waals surface area contributed by atoms with E-state index in [1.165, 1.54) is 0 Å². The van der Waals surface area contributed by atoms with Gasteiger partial charge in [0.15, 0.2) is 0 Å². The molecule has 0 aromatic carbocycles. The average molecular weight is 198 g/mol. The van der Waals surface area contributed by atoms with Crippen molar-refractivity contribution in [2.75, 3.05) is 6.73 Å². The van der Waals surface area contributed by atoms with Crippen LogP contribution in [-0.2, 0) is 4.74 Å². The summed E-state index contributed by atoms with van der Waals surface area (Å²) in [7, 11) is 0. The van der Waals surface area contributed by atoms with Crippen LogP contribution in [0.4, 0.5) is 0 Å². The van der Waals surface area contributed by atoms with E-state index >= 15 is 0 Å². The molecule has 0 unspecified atom stereocenters. The maximum Gasteiger partial charge on any atom is 0.0947 e. The predicted molar refractivity (Wildman–Crippen MR) is 44.8 cm³/mol. The molecule has 58 valence electrons. The average Bonchev–Trinajstić information content (AvgIpc) is 1.67. The van der Waals surface area contributed by atoms with Gasteiger partial charge in [0.1, 0.15) is 0 Å². The molecule has 0 bridgehead atoms. The van der Waals surface area contributed by atoms with Gasteiger partial charge in [-0.3, -0.25) is 0 Å². The zero-order chi connectivity index (χ0) is 6.62. The number of hydrogen-bond acceptors (Lipinski definition) is 2. The molecule has 0 saturated carbocycles. The highest BCUT2D eigenvalue weighted by Gasteiger charge is 2.12. The van der Waals surface area contributed by atoms with Crippen molar-refractivity contribution >= 4 is 17.0 Å². The molecule has 0 spiro atoms. The van der Waals surface area contributed by atoms with E-state index in [4.69, 9.17) is 10.5 Å². The van der Waals surface area contributed by atoms with E-state index < -0.39 is 0 Å². The fourth-order valence-corrected chi connectivity index (χ4v) is 0.328. The van der Waals surface area contributed by atoms with Crippen molar-refractivity contribution in [1.29, 1.82) is 0 Å². The SMILES string of the molecule is Br.CCC(C)(C)OCN. The number of halogens is 1. The summed E-state index contributed by atoms with van der Waals surface area (Å²) < 4.78 is 5.16. The number of nitrogens with two attached hydrogens (primary N) is 1. The molecule has 3 heteroatoms. The van der Waals surface area contributed by atoms with Gasteiger partial charge in [-0.25, -0.2) is 0 Å². The third-order valence-corrected chi connectivity index (χ3v) is 1.33. The molecule has 0 aliphatic rings. The molecule has 0 aliphatic heterocycles. The molecule has 0 atom stereocenters. The summed E-state index contributed by atoms with van der Waals surface area (Å²) >= 11 is 0. The minimum absolute atomic E-state index is 0. The van der Waals surface area contributed by atoms with E-state index in [0.717, 1.165) is 6.42 Å². The van der Waals surface area contributed by atoms with Crippen molar-refractivity contribution in [3.63, 3.8) is 0 Å². The molecule has 9 heavy (non-hydrogen) atoms. The molecular weight excluding hydrogens is 182 g/mol. The maximum absolute atomic E-state index is 5.17. The maximum atomic E-state index is 5.17. The molecular formula is C6H16BrNO. The second-order valence-electron chi connectivity index (χ2n) is 2.42. The van der Waals surface area contributed by atoms with Gasteiger partial charge in [0, 0.05) is 0 Å². The minimum Gasteiger partial charge on any atom is -0.361 e. The summed E-state index contributed by atoms with van der Waals surface area (Å²) in [5.74, 6) is 0. The molecule has 0 heterocycles. The molecule has 2 N–H and O–H groups in total. The zero-order valence-electron chi connectivity index (χ0n) is 6.31. The van der Waals surface area contributed by atoms with Crippen LogP contribution in [0.25, 0.3) is 0 Å². The Morgan fingerprint density at radius 1 is 1.44 bits per heavy atom. The van der Waals surface area contributed by atoms with Crippen molar-refractivity contribution in [3.8, 4) is 0 Å². The Morgan fingerprint density at radius 2 is 1.89 bits per heavy atom. The van der Waals surface area contributed by atoms with Gasteiger partial charge in [-0.15, -0.1) is 17.0 Å². The van der Waals surface area contributed by atoms with Gasteiger partial charge in [0.05, 0.1) is 12.3 Å². The van der Waals surface area contributed by atoms with E-state index in [9.17, 15) is 0 Å². The largest absolute Gasteiger partial charge is 0.361 e. The molecule has 0 aliphatic carbocycles. The number of ether oxygens (including phenoxy) is 1. The molecule has 0 aromatic heterocycles. The van der Waals surface area contributed by atoms with Crippen molar-refractivity contribution < 1.29 is 4.74 Å². The molecule has 0 fully saturated rings. The Hall–Kier alpha value is 0.400. The van der Waals surface area contributed by atoms with Crippen LogP contribution in [0.5, 0.6) is 0 Å². The van der Waals surface area contributed by atoms with E-state index in [1.807, 2.05) is 13.8 Å². The highest BCUT2D eigenvalue weighted by atomic mass is 79.9. The summed E-state index contributed by atoms with van der Waals surface area (Å²) in [4.78, 5) is 0. The monoisotopic (exact) mass is 197 g/mol. The quantitative estimate of drug-likeness (QED) is 0.700. The fourth-order valence-electron chi connectivity index (χ4n) is 0.328. The highest BCUT2D eigenvalue weighted by Crippen LogP contribution is 2.11. The second kappa shape index (κ2) is 5.21. The van der Waals surface area contributed by atoms with Crippen LogP contribution < -0.4 is 5.73 Å². The third-order valence-electron chi connectivity index (χ3n) is 1.33. The Bertz CT molecular complexity index is 66.1. The smallest absolute Gasteiger partial charge is 0.0947 e. The molecule has 0 amide bonds. The first-order valence-corrected chi connectivity index (χ1v) is 2.96. The van der Waals surface area contributed by atoms with Gasteiger partial charge in [-0.1, -0.05) is 6.92 Å². The summed E-state index contributed by atoms with van der Waals surface area (Å²) in [6.45, 7) is 6.45. The van der Waals surface area contributed by atoms with Gasteiger partial charge in [0.2, 0.25) is 0 Å². The predicted octanol–water partition coefficient (Wildman–Crippen LogP) is 1.69. The van der Waals surface area contributed by atoms with Crippen molar-refractivity contribution in [1.82, 2.24) is 0 Å². The van der Waals surface area contributed by atoms with Crippen molar-refractivity contribution in [2.24, 2.45) is 5.73 Å². The van der Waals surface area contributed by atoms with E-state index in [1.54, 1.807) is 0 Å². The Labute approximate surface area is 67.5 Å². The topological polar surface area (TPSA) is 35.2 Å². The van der Waals surface area contributed by atoms with E-state index in [-0.39, 0.29) is 22.6 Å². The molecule has 0 rings (SSSR count). The summed E-state index contributed by atoms with van der Waals surface area (Å²) in [5.41, 5.74) is 5.14. The number of hydrogen-bond donors (Lipinski definition) is 1. The van der Waals surface area contributed by atoms with Gasteiger partial charge in [0.25, 0.3) is 0 Å². The van der Waals surface area contributed by atoms with Crippen LogP contribution in [0.15, 0.2) is 0 Å². The van der Waals surface area contributed by atoms with Crippen molar-refractivity contribution in [3.05, 3.63) is 0 Å². The second-order valence-corrected chi connectivity index (χ2v) is 2.42. The summed E-state index contributed by atoms with van der Waals surface area (Å²) in [6, 6.07) is 0. The van der Waals surface area contributed by atoms with Crippen molar-refractivity contribution in [2.45, 2.75) is 32.8 Å². The van der Waals surface area contributed by atoms with Gasteiger partial charge >= 0.3 is 0 Å². The van der Waals surface area contributed by atoms with Gasteiger partial charge in [-0.2, -0.15) is 0 Å². The van der Waals surface area contributed by atoms with Crippen LogP contribution in [-0.4, -0.2) is 12.3 Å². The third kappa shape index (κ3) is 6.28. The lowest BCUT2D eigenvalue weighted by atomic mass is 10.1. The Morgan fingerprint density at radius 3 is 2.00 bits per heavy atom. The van der Waals surface area contributed by atoms with Crippen LogP contribution in [0.3, 0.4) is 0 Å². The fraction of sp³-hybridized carbons (Fsp3) is 1.00. The van der Waals surface area contributed by atoms with E-state index in [0.29, 0.717) is 6.73 Å². The lowest BCUT2D eigenvalue weighted by Crippen LogP contribution is -2.26. The Kier molecular flexibility index (Phi) is 7.01. The first-order valence-electron chi connectivity index (χ1n) is 2.96. The first kappa shape index (κ1) is 12.1. The lowest BCUT2D eigenvalue weighted by Gasteiger charge is -2.21. The normalized spacial score (nSPS) is 10.7. The number of rotatable bonds is 3. The van der Waals surface area contributed by atoms with E-state index in [2.05, 4.69) is 6.92 Å². The Balaban J connectivity index is 0. The first-order chi connectivity index (χ1) is 3.62. The van der Waals surface area contributed by atoms with Gasteiger partial charge in [-0.05, 0) is 20.3 Å².